The average Bonchev–Trinajstić information content (AvgIpc) is 3.31. The third kappa shape index (κ3) is 3.50. The lowest BCUT2D eigenvalue weighted by molar-refractivity contribution is -0.121. The highest BCUT2D eigenvalue weighted by Crippen LogP contribution is 2.37. The Hall–Kier alpha value is -1.39. The summed E-state index contributed by atoms with van der Waals surface area (Å²) in [4.78, 5) is 15.0. The van der Waals surface area contributed by atoms with Crippen LogP contribution in [0, 0.1) is 19.8 Å². The second kappa shape index (κ2) is 6.49. The number of amides is 1. The number of carbonyl (C=O) groups excluding carboxylic acids is 1. The van der Waals surface area contributed by atoms with E-state index in [1.165, 1.54) is 24.0 Å². The molecule has 24 heavy (non-hydrogen) atoms. The number of fused-ring (bicyclic) bond motifs is 1. The molecule has 1 saturated carbocycles. The summed E-state index contributed by atoms with van der Waals surface area (Å²) in [6.07, 6.45) is 4.61. The predicted molar refractivity (Wildman–Crippen MR) is 94.0 cm³/mol. The first-order chi connectivity index (χ1) is 11.6. The van der Waals surface area contributed by atoms with Crippen LogP contribution in [0.3, 0.4) is 0 Å². The van der Waals surface area contributed by atoms with Gasteiger partial charge in [0.05, 0.1) is 19.1 Å². The van der Waals surface area contributed by atoms with E-state index in [1.54, 1.807) is 0 Å². The first kappa shape index (κ1) is 16.1. The van der Waals surface area contributed by atoms with Gasteiger partial charge < -0.3 is 10.1 Å². The van der Waals surface area contributed by atoms with Crippen LogP contribution in [0.1, 0.15) is 36.0 Å². The number of hydrogen-bond acceptors (Lipinski definition) is 3. The molecular weight excluding hydrogens is 300 g/mol. The summed E-state index contributed by atoms with van der Waals surface area (Å²) in [5.41, 5.74) is 3.55. The van der Waals surface area contributed by atoms with Gasteiger partial charge >= 0.3 is 0 Å². The smallest absolute Gasteiger partial charge is 0.224 e. The van der Waals surface area contributed by atoms with Crippen LogP contribution < -0.4 is 5.32 Å². The Morgan fingerprint density at radius 3 is 2.92 bits per heavy atom. The molecule has 4 nitrogen and oxygen atoms in total. The highest BCUT2D eigenvalue weighted by atomic mass is 16.5. The van der Waals surface area contributed by atoms with Crippen molar-refractivity contribution >= 4 is 5.91 Å². The highest BCUT2D eigenvalue weighted by molar-refractivity contribution is 5.79. The van der Waals surface area contributed by atoms with Crippen molar-refractivity contribution in [3.63, 3.8) is 0 Å². The largest absolute Gasteiger partial charge is 0.375 e. The Morgan fingerprint density at radius 1 is 1.29 bits per heavy atom. The van der Waals surface area contributed by atoms with Gasteiger partial charge in [0, 0.05) is 25.2 Å². The van der Waals surface area contributed by atoms with Gasteiger partial charge in [-0.2, -0.15) is 0 Å². The zero-order chi connectivity index (χ0) is 16.7. The van der Waals surface area contributed by atoms with Crippen molar-refractivity contribution in [2.45, 2.75) is 57.7 Å². The lowest BCUT2D eigenvalue weighted by Crippen LogP contribution is -2.47. The monoisotopic (exact) mass is 328 g/mol. The quantitative estimate of drug-likeness (QED) is 0.921. The summed E-state index contributed by atoms with van der Waals surface area (Å²) < 4.78 is 6.04. The summed E-state index contributed by atoms with van der Waals surface area (Å²) in [6, 6.07) is 7.09. The van der Waals surface area contributed by atoms with Crippen molar-refractivity contribution in [3.05, 3.63) is 34.9 Å². The number of rotatable bonds is 4. The molecule has 3 aliphatic rings. The number of benzene rings is 1. The van der Waals surface area contributed by atoms with E-state index in [1.807, 2.05) is 0 Å². The molecule has 0 spiro atoms. The van der Waals surface area contributed by atoms with E-state index in [9.17, 15) is 4.79 Å². The Kier molecular flexibility index (Phi) is 4.35. The average molecular weight is 328 g/mol. The van der Waals surface area contributed by atoms with Crippen LogP contribution in [-0.4, -0.2) is 48.7 Å². The van der Waals surface area contributed by atoms with E-state index in [2.05, 4.69) is 42.3 Å². The maximum Gasteiger partial charge on any atom is 0.224 e. The maximum absolute atomic E-state index is 12.5. The molecule has 1 amide bonds. The van der Waals surface area contributed by atoms with Gasteiger partial charge in [0.1, 0.15) is 0 Å². The molecule has 0 bridgehead atoms. The lowest BCUT2D eigenvalue weighted by Gasteiger charge is -2.35. The first-order valence-corrected chi connectivity index (χ1v) is 9.29. The normalized spacial score (nSPS) is 30.2. The van der Waals surface area contributed by atoms with E-state index < -0.39 is 0 Å². The third-order valence-electron chi connectivity index (χ3n) is 5.81. The minimum Gasteiger partial charge on any atom is -0.375 e. The van der Waals surface area contributed by atoms with Crippen molar-refractivity contribution < 1.29 is 9.53 Å². The number of nitrogens with zero attached hydrogens (tertiary/aromatic N) is 1. The maximum atomic E-state index is 12.5. The summed E-state index contributed by atoms with van der Waals surface area (Å²) in [5, 5.41) is 3.25. The Balaban J connectivity index is 1.31. The van der Waals surface area contributed by atoms with Crippen molar-refractivity contribution in [2.24, 2.45) is 5.92 Å². The molecule has 3 fully saturated rings. The molecule has 0 radical (unpaired) electrons. The molecule has 3 atom stereocenters. The molecule has 4 rings (SSSR count). The number of aryl methyl sites for hydroxylation is 2. The summed E-state index contributed by atoms with van der Waals surface area (Å²) in [6.45, 7) is 7.03. The second-order valence-corrected chi connectivity index (χ2v) is 7.92. The molecule has 1 aromatic rings. The standard InChI is InChI=1S/C20H28N2O2/c1-13-3-4-14(2)16(7-13)8-20(23)21-17-9-18-12-24-19(15-5-6-15)11-22(18)10-17/h3-4,7,15,17-19H,5-6,8-12H2,1-2H3,(H,21,23)/t17-,18-,19+/m0/s1. The molecule has 1 aliphatic carbocycles. The fourth-order valence-electron chi connectivity index (χ4n) is 4.20. The number of morpholine rings is 1. The molecule has 2 saturated heterocycles. The van der Waals surface area contributed by atoms with E-state index in [0.29, 0.717) is 18.6 Å². The van der Waals surface area contributed by atoms with Gasteiger partial charge in [0.2, 0.25) is 5.91 Å². The number of carbonyl (C=O) groups is 1. The van der Waals surface area contributed by atoms with Crippen LogP contribution >= 0.6 is 0 Å². The van der Waals surface area contributed by atoms with E-state index >= 15 is 0 Å². The summed E-state index contributed by atoms with van der Waals surface area (Å²) in [7, 11) is 0. The van der Waals surface area contributed by atoms with Crippen LogP contribution in [-0.2, 0) is 16.0 Å². The third-order valence-corrected chi connectivity index (χ3v) is 5.81. The number of nitrogens with one attached hydrogen (secondary N) is 1. The molecule has 2 aliphatic heterocycles. The Morgan fingerprint density at radius 2 is 2.12 bits per heavy atom. The minimum absolute atomic E-state index is 0.146. The second-order valence-electron chi connectivity index (χ2n) is 7.92. The van der Waals surface area contributed by atoms with Crippen LogP contribution in [0.2, 0.25) is 0 Å². The van der Waals surface area contributed by atoms with Gasteiger partial charge in [-0.1, -0.05) is 23.8 Å². The van der Waals surface area contributed by atoms with Crippen LogP contribution in [0.25, 0.3) is 0 Å². The zero-order valence-corrected chi connectivity index (χ0v) is 14.8. The minimum atomic E-state index is 0.146. The fourth-order valence-corrected chi connectivity index (χ4v) is 4.20. The summed E-state index contributed by atoms with van der Waals surface area (Å²) in [5.74, 6) is 0.942. The molecular formula is C20H28N2O2. The topological polar surface area (TPSA) is 41.6 Å². The van der Waals surface area contributed by atoms with Crippen LogP contribution in [0.5, 0.6) is 0 Å². The molecule has 1 aromatic carbocycles. The Labute approximate surface area is 144 Å². The van der Waals surface area contributed by atoms with Crippen LogP contribution in [0.4, 0.5) is 0 Å². The SMILES string of the molecule is Cc1ccc(C)c(CC(=O)N[C@H]2C[C@H]3CO[C@@H](C4CC4)CN3C2)c1. The lowest BCUT2D eigenvalue weighted by atomic mass is 10.0. The van der Waals surface area contributed by atoms with Gasteiger partial charge in [0.15, 0.2) is 0 Å². The predicted octanol–water partition coefficient (Wildman–Crippen LogP) is 2.21. The fraction of sp³-hybridized carbons (Fsp3) is 0.650. The van der Waals surface area contributed by atoms with Gasteiger partial charge in [-0.15, -0.1) is 0 Å². The Bertz CT molecular complexity index is 626. The van der Waals surface area contributed by atoms with Gasteiger partial charge in [-0.3, -0.25) is 9.69 Å². The molecule has 1 N–H and O–H groups in total. The van der Waals surface area contributed by atoms with E-state index in [4.69, 9.17) is 4.74 Å². The molecule has 0 unspecified atom stereocenters. The molecule has 130 valence electrons. The number of ether oxygens (including phenoxy) is 1. The van der Waals surface area contributed by atoms with Crippen LogP contribution in [0.15, 0.2) is 18.2 Å². The van der Waals surface area contributed by atoms with Gasteiger partial charge in [-0.05, 0) is 50.2 Å². The van der Waals surface area contributed by atoms with Crippen molar-refractivity contribution in [3.8, 4) is 0 Å². The van der Waals surface area contributed by atoms with E-state index in [-0.39, 0.29) is 11.9 Å². The zero-order valence-electron chi connectivity index (χ0n) is 14.8. The molecule has 0 aromatic heterocycles. The first-order valence-electron chi connectivity index (χ1n) is 9.29. The van der Waals surface area contributed by atoms with Crippen molar-refractivity contribution in [1.82, 2.24) is 10.2 Å². The number of hydrogen-bond donors (Lipinski definition) is 1. The van der Waals surface area contributed by atoms with E-state index in [0.717, 1.165) is 37.6 Å². The van der Waals surface area contributed by atoms with Gasteiger partial charge in [0.25, 0.3) is 0 Å². The molecule has 4 heteroatoms. The summed E-state index contributed by atoms with van der Waals surface area (Å²) >= 11 is 0. The van der Waals surface area contributed by atoms with Crippen molar-refractivity contribution in [2.75, 3.05) is 19.7 Å². The van der Waals surface area contributed by atoms with Gasteiger partial charge in [-0.25, -0.2) is 0 Å². The highest BCUT2D eigenvalue weighted by Gasteiger charge is 2.42. The molecule has 2 heterocycles. The van der Waals surface area contributed by atoms with Crippen molar-refractivity contribution in [1.29, 1.82) is 0 Å².